The van der Waals surface area contributed by atoms with Crippen molar-refractivity contribution >= 4 is 11.0 Å². The summed E-state index contributed by atoms with van der Waals surface area (Å²) in [6.07, 6.45) is 0. The maximum absolute atomic E-state index is 4.90. The lowest BCUT2D eigenvalue weighted by Crippen LogP contribution is -2.39. The van der Waals surface area contributed by atoms with Gasteiger partial charge in [0.25, 0.3) is 0 Å². The lowest BCUT2D eigenvalue weighted by atomic mass is 10.2. The maximum Gasteiger partial charge on any atom is 0.141 e. The average molecular weight is 321 g/mol. The molecule has 126 valence electrons. The molecule has 0 aliphatic carbocycles. The van der Waals surface area contributed by atoms with E-state index in [4.69, 9.17) is 4.98 Å². The molecule has 3 aromatic rings. The summed E-state index contributed by atoms with van der Waals surface area (Å²) >= 11 is 0. The highest BCUT2D eigenvalue weighted by Crippen LogP contribution is 2.24. The normalized spacial score (nSPS) is 12.0. The highest BCUT2D eigenvalue weighted by Gasteiger charge is 2.16. The van der Waals surface area contributed by atoms with Crippen molar-refractivity contribution in [2.24, 2.45) is 0 Å². The Hall–Kier alpha value is -2.13. The van der Waals surface area contributed by atoms with Crippen LogP contribution in [0.25, 0.3) is 22.4 Å². The molecule has 3 heteroatoms. The number of para-hydroxylation sites is 2. The Morgan fingerprint density at radius 3 is 2.17 bits per heavy atom. The molecule has 0 radical (unpaired) electrons. The summed E-state index contributed by atoms with van der Waals surface area (Å²) < 4.78 is 2.36. The second-order valence-electron chi connectivity index (χ2n) is 6.87. The topological polar surface area (TPSA) is 21.1 Å². The smallest absolute Gasteiger partial charge is 0.141 e. The van der Waals surface area contributed by atoms with Gasteiger partial charge in [-0.2, -0.15) is 0 Å². The molecule has 0 spiro atoms. The van der Waals surface area contributed by atoms with Gasteiger partial charge >= 0.3 is 0 Å². The molecular weight excluding hydrogens is 294 g/mol. The molecule has 0 saturated carbocycles. The third kappa shape index (κ3) is 3.36. The Kier molecular flexibility index (Phi) is 5.00. The van der Waals surface area contributed by atoms with Crippen molar-refractivity contribution in [3.63, 3.8) is 0 Å². The van der Waals surface area contributed by atoms with E-state index in [1.165, 1.54) is 11.1 Å². The fraction of sp³-hybridized carbons (Fsp3) is 0.381. The van der Waals surface area contributed by atoms with Crippen LogP contribution in [0, 0.1) is 0 Å². The maximum atomic E-state index is 4.90. The van der Waals surface area contributed by atoms with E-state index in [2.05, 4.69) is 91.8 Å². The van der Waals surface area contributed by atoms with E-state index < -0.39 is 0 Å². The zero-order valence-corrected chi connectivity index (χ0v) is 15.1. The van der Waals surface area contributed by atoms with E-state index in [1.807, 2.05) is 0 Å². The molecular formula is C21H27N3. The number of imidazole rings is 1. The van der Waals surface area contributed by atoms with Crippen LogP contribution in [0.2, 0.25) is 0 Å². The quantitative estimate of drug-likeness (QED) is 0.649. The van der Waals surface area contributed by atoms with Crippen molar-refractivity contribution in [2.45, 2.75) is 46.3 Å². The first-order valence-electron chi connectivity index (χ1n) is 8.84. The number of hydrogen-bond donors (Lipinski definition) is 0. The molecule has 24 heavy (non-hydrogen) atoms. The Morgan fingerprint density at radius 1 is 0.875 bits per heavy atom. The van der Waals surface area contributed by atoms with E-state index in [0.717, 1.165) is 24.4 Å². The number of nitrogens with zero attached hydrogens (tertiary/aromatic N) is 3. The SMILES string of the molecule is CC(C)N(CCn1c(-c2ccccc2)nc2ccccc21)C(C)C. The van der Waals surface area contributed by atoms with Crippen molar-refractivity contribution < 1.29 is 0 Å². The number of fused-ring (bicyclic) bond motifs is 1. The van der Waals surface area contributed by atoms with Crippen LogP contribution in [-0.4, -0.2) is 33.1 Å². The number of aromatic nitrogens is 2. The van der Waals surface area contributed by atoms with Crippen LogP contribution < -0.4 is 0 Å². The van der Waals surface area contributed by atoms with Crippen LogP contribution in [0.3, 0.4) is 0 Å². The van der Waals surface area contributed by atoms with Gasteiger partial charge in [-0.3, -0.25) is 4.90 Å². The van der Waals surface area contributed by atoms with Gasteiger partial charge in [-0.05, 0) is 39.8 Å². The van der Waals surface area contributed by atoms with Crippen molar-refractivity contribution in [1.82, 2.24) is 14.5 Å². The lowest BCUT2D eigenvalue weighted by molar-refractivity contribution is 0.169. The van der Waals surface area contributed by atoms with Gasteiger partial charge in [-0.1, -0.05) is 42.5 Å². The Balaban J connectivity index is 1.99. The van der Waals surface area contributed by atoms with Gasteiger partial charge in [0.05, 0.1) is 11.0 Å². The van der Waals surface area contributed by atoms with Crippen LogP contribution in [0.15, 0.2) is 54.6 Å². The number of rotatable bonds is 6. The van der Waals surface area contributed by atoms with Crippen LogP contribution in [0.4, 0.5) is 0 Å². The molecule has 0 unspecified atom stereocenters. The molecule has 0 N–H and O–H groups in total. The van der Waals surface area contributed by atoms with E-state index in [9.17, 15) is 0 Å². The molecule has 0 saturated heterocycles. The Morgan fingerprint density at radius 2 is 1.50 bits per heavy atom. The second-order valence-corrected chi connectivity index (χ2v) is 6.87. The molecule has 0 fully saturated rings. The van der Waals surface area contributed by atoms with Crippen molar-refractivity contribution in [1.29, 1.82) is 0 Å². The molecule has 0 aliphatic rings. The summed E-state index contributed by atoms with van der Waals surface area (Å²) in [5.74, 6) is 1.06. The first-order valence-corrected chi connectivity index (χ1v) is 8.84. The summed E-state index contributed by atoms with van der Waals surface area (Å²) in [6.45, 7) is 11.0. The third-order valence-corrected chi connectivity index (χ3v) is 4.59. The Labute approximate surface area is 144 Å². The average Bonchev–Trinajstić information content (AvgIpc) is 2.94. The van der Waals surface area contributed by atoms with Gasteiger partial charge in [0.15, 0.2) is 0 Å². The van der Waals surface area contributed by atoms with Crippen LogP contribution in [0.1, 0.15) is 27.7 Å². The zero-order valence-electron chi connectivity index (χ0n) is 15.1. The summed E-state index contributed by atoms with van der Waals surface area (Å²) in [5.41, 5.74) is 3.45. The molecule has 1 aromatic heterocycles. The van der Waals surface area contributed by atoms with Crippen molar-refractivity contribution in [3.05, 3.63) is 54.6 Å². The molecule has 2 aromatic carbocycles. The highest BCUT2D eigenvalue weighted by molar-refractivity contribution is 5.80. The predicted octanol–water partition coefficient (Wildman–Crippen LogP) is 4.82. The number of hydrogen-bond acceptors (Lipinski definition) is 2. The number of benzene rings is 2. The minimum atomic E-state index is 0.542. The van der Waals surface area contributed by atoms with Gasteiger partial charge in [0.2, 0.25) is 0 Å². The largest absolute Gasteiger partial charge is 0.323 e. The van der Waals surface area contributed by atoms with Crippen LogP contribution in [0.5, 0.6) is 0 Å². The standard InChI is InChI=1S/C21H27N3/c1-16(2)23(17(3)4)14-15-24-20-13-9-8-12-19(20)22-21(24)18-10-6-5-7-11-18/h5-13,16-17H,14-15H2,1-4H3. The molecule has 3 rings (SSSR count). The highest BCUT2D eigenvalue weighted by atomic mass is 15.2. The zero-order chi connectivity index (χ0) is 17.1. The van der Waals surface area contributed by atoms with Crippen LogP contribution in [-0.2, 0) is 6.54 Å². The molecule has 0 atom stereocenters. The van der Waals surface area contributed by atoms with Gasteiger partial charge < -0.3 is 4.57 Å². The fourth-order valence-corrected chi connectivity index (χ4v) is 3.44. The van der Waals surface area contributed by atoms with E-state index in [0.29, 0.717) is 12.1 Å². The summed E-state index contributed by atoms with van der Waals surface area (Å²) in [6, 6.07) is 20.0. The van der Waals surface area contributed by atoms with Gasteiger partial charge in [0.1, 0.15) is 5.82 Å². The van der Waals surface area contributed by atoms with Gasteiger partial charge in [-0.25, -0.2) is 4.98 Å². The lowest BCUT2D eigenvalue weighted by Gasteiger charge is -2.30. The molecule has 3 nitrogen and oxygen atoms in total. The monoisotopic (exact) mass is 321 g/mol. The van der Waals surface area contributed by atoms with Gasteiger partial charge in [0, 0.05) is 30.7 Å². The first kappa shape index (κ1) is 16.7. The van der Waals surface area contributed by atoms with Gasteiger partial charge in [-0.15, -0.1) is 0 Å². The molecule has 0 amide bonds. The van der Waals surface area contributed by atoms with Crippen LogP contribution >= 0.6 is 0 Å². The fourth-order valence-electron chi connectivity index (χ4n) is 3.44. The Bertz CT molecular complexity index is 779. The molecule has 1 heterocycles. The van der Waals surface area contributed by atoms with Crippen molar-refractivity contribution in [3.8, 4) is 11.4 Å². The first-order chi connectivity index (χ1) is 11.6. The van der Waals surface area contributed by atoms with E-state index >= 15 is 0 Å². The second kappa shape index (κ2) is 7.18. The summed E-state index contributed by atoms with van der Waals surface area (Å²) in [5, 5.41) is 0. The minimum Gasteiger partial charge on any atom is -0.323 e. The molecule has 0 bridgehead atoms. The van der Waals surface area contributed by atoms with E-state index in [-0.39, 0.29) is 0 Å². The summed E-state index contributed by atoms with van der Waals surface area (Å²) in [4.78, 5) is 7.43. The minimum absolute atomic E-state index is 0.542. The predicted molar refractivity (Wildman–Crippen MR) is 102 cm³/mol. The summed E-state index contributed by atoms with van der Waals surface area (Å²) in [7, 11) is 0. The van der Waals surface area contributed by atoms with Crippen molar-refractivity contribution in [2.75, 3.05) is 6.54 Å². The molecule has 0 aliphatic heterocycles. The van der Waals surface area contributed by atoms with E-state index in [1.54, 1.807) is 0 Å². The third-order valence-electron chi connectivity index (χ3n) is 4.59.